The van der Waals surface area contributed by atoms with Gasteiger partial charge < -0.3 is 20.4 Å². The Morgan fingerprint density at radius 1 is 0.467 bits per heavy atom. The molecular weight excluding hydrogens is 849 g/mol. The summed E-state index contributed by atoms with van der Waals surface area (Å²) in [4.78, 5) is 56.1. The molecule has 0 amide bonds. The summed E-state index contributed by atoms with van der Waals surface area (Å²) in [5.74, 6) is -26.5. The number of ketones is 4. The van der Waals surface area contributed by atoms with Gasteiger partial charge in [-0.1, -0.05) is 27.7 Å². The van der Waals surface area contributed by atoms with Crippen molar-refractivity contribution in [2.45, 2.75) is 74.7 Å². The molecule has 0 aliphatic heterocycles. The number of carbonyl (C=O) groups is 4. The third kappa shape index (κ3) is 6.63. The smallest absolute Gasteiger partial charge is 0.195 e. The predicted octanol–water partition coefficient (Wildman–Crippen LogP) is 10.5. The number of halogens is 8. The molecule has 0 atom stereocenters. The number of allylic oxidation sites excluding steroid dienone is 4. The van der Waals surface area contributed by atoms with E-state index in [0.717, 1.165) is 13.8 Å². The maximum Gasteiger partial charge on any atom is 0.195 e. The number of phenolic OH excluding ortho intramolecular Hbond substituents is 4. The lowest BCUT2D eigenvalue weighted by atomic mass is 9.70. The van der Waals surface area contributed by atoms with Crippen LogP contribution in [0.4, 0.5) is 35.1 Å². The number of hydrogen-bond donors (Lipinski definition) is 4. The minimum absolute atomic E-state index is 0.0467. The fourth-order valence-electron chi connectivity index (χ4n) is 7.40. The first-order valence-electron chi connectivity index (χ1n) is 17.7. The van der Waals surface area contributed by atoms with Crippen LogP contribution >= 0.6 is 23.5 Å². The maximum atomic E-state index is 14.9. The van der Waals surface area contributed by atoms with Crippen LogP contribution in [-0.2, 0) is 11.5 Å². The molecule has 8 nitrogen and oxygen atoms in total. The number of thioether (sulfide) groups is 2. The van der Waals surface area contributed by atoms with Crippen molar-refractivity contribution in [2.75, 3.05) is 0 Å². The molecule has 60 heavy (non-hydrogen) atoms. The van der Waals surface area contributed by atoms with E-state index in [1.165, 1.54) is 27.7 Å². The van der Waals surface area contributed by atoms with Crippen molar-refractivity contribution < 1.29 is 74.7 Å². The largest absolute Gasteiger partial charge is 0.504 e. The third-order valence-electron chi connectivity index (χ3n) is 10.2. The van der Waals surface area contributed by atoms with Crippen LogP contribution in [0.5, 0.6) is 23.0 Å². The summed E-state index contributed by atoms with van der Waals surface area (Å²) in [6.45, 7) is 8.12. The number of rotatable bonds is 9. The average Bonchev–Trinajstić information content (AvgIpc) is 3.17. The predicted molar refractivity (Wildman–Crippen MR) is 202 cm³/mol. The van der Waals surface area contributed by atoms with Crippen LogP contribution in [0.2, 0.25) is 0 Å². The van der Waals surface area contributed by atoms with Crippen molar-refractivity contribution in [2.24, 2.45) is 0 Å². The normalized spacial score (nSPS) is 14.3. The van der Waals surface area contributed by atoms with E-state index in [9.17, 15) is 74.7 Å². The number of Topliss-reactive ketones (excluding diaryl/α,β-unsaturated/α-hetero) is 4. The lowest BCUT2D eigenvalue weighted by Crippen LogP contribution is -2.32. The Kier molecular flexibility index (Phi) is 11.5. The van der Waals surface area contributed by atoms with Gasteiger partial charge in [0.05, 0.1) is 9.79 Å². The van der Waals surface area contributed by atoms with Gasteiger partial charge >= 0.3 is 0 Å². The second kappa shape index (κ2) is 15.8. The molecule has 0 bridgehead atoms. The quantitative estimate of drug-likeness (QED) is 0.0554. The molecule has 0 aromatic heterocycles. The van der Waals surface area contributed by atoms with Crippen LogP contribution in [0.15, 0.2) is 44.2 Å². The van der Waals surface area contributed by atoms with Crippen molar-refractivity contribution in [3.8, 4) is 23.0 Å². The number of phenols is 4. The van der Waals surface area contributed by atoms with Crippen LogP contribution in [0.1, 0.15) is 117 Å². The van der Waals surface area contributed by atoms with E-state index in [0.29, 0.717) is 0 Å². The van der Waals surface area contributed by atoms with E-state index in [1.807, 2.05) is 0 Å². The Hall–Kier alpha value is -5.62. The van der Waals surface area contributed by atoms with E-state index < -0.39 is 181 Å². The second-order valence-corrected chi connectivity index (χ2v) is 16.4. The molecule has 2 aliphatic rings. The topological polar surface area (TPSA) is 149 Å². The summed E-state index contributed by atoms with van der Waals surface area (Å²) < 4.78 is 115. The minimum Gasteiger partial charge on any atom is -0.504 e. The van der Waals surface area contributed by atoms with Gasteiger partial charge in [-0.2, -0.15) is 0 Å². The Morgan fingerprint density at radius 2 is 0.750 bits per heavy atom. The molecule has 314 valence electrons. The highest BCUT2D eigenvalue weighted by Crippen LogP contribution is 2.52. The SMILES string of the molecule is CC1=C(C2=C(C)C(=O)c3c(c(CSc4c(F)c(F)cc(F)c4F)c(O)c(O)c3C(C)C)C2=O)C(=O)c2c(CSc3c(F)c(F)cc(F)c3F)c(O)c(O)c(C(C)C)c2C1=O. The summed E-state index contributed by atoms with van der Waals surface area (Å²) in [5, 5.41) is 44.8. The van der Waals surface area contributed by atoms with Gasteiger partial charge in [0.2, 0.25) is 0 Å². The van der Waals surface area contributed by atoms with E-state index in [4.69, 9.17) is 0 Å². The van der Waals surface area contributed by atoms with Crippen LogP contribution in [0.3, 0.4) is 0 Å². The first kappa shape index (κ1) is 43.9. The highest BCUT2D eigenvalue weighted by atomic mass is 32.2. The molecule has 4 N–H and O–H groups in total. The van der Waals surface area contributed by atoms with Gasteiger partial charge in [-0.15, -0.1) is 23.5 Å². The molecule has 18 heteroatoms. The van der Waals surface area contributed by atoms with Crippen molar-refractivity contribution in [1.82, 2.24) is 0 Å². The van der Waals surface area contributed by atoms with Gasteiger partial charge in [0.25, 0.3) is 0 Å². The summed E-state index contributed by atoms with van der Waals surface area (Å²) in [6.07, 6.45) is 0. The Bertz CT molecular complexity index is 2500. The summed E-state index contributed by atoms with van der Waals surface area (Å²) in [5.41, 5.74) is -6.75. The number of benzene rings is 4. The molecule has 4 aromatic rings. The van der Waals surface area contributed by atoms with E-state index in [2.05, 4.69) is 0 Å². The van der Waals surface area contributed by atoms with Crippen molar-refractivity contribution in [1.29, 1.82) is 0 Å². The number of aromatic hydroxyl groups is 4. The highest BCUT2D eigenvalue weighted by molar-refractivity contribution is 7.98. The monoisotopic (exact) mass is 878 g/mol. The van der Waals surface area contributed by atoms with Crippen LogP contribution in [-0.4, -0.2) is 43.6 Å². The van der Waals surface area contributed by atoms with Crippen molar-refractivity contribution in [3.63, 3.8) is 0 Å². The zero-order chi connectivity index (χ0) is 44.7. The van der Waals surface area contributed by atoms with Crippen LogP contribution in [0.25, 0.3) is 0 Å². The molecule has 2 aliphatic carbocycles. The fraction of sp³-hybridized carbons (Fsp3) is 0.238. The van der Waals surface area contributed by atoms with Crippen molar-refractivity contribution in [3.05, 3.63) is 125 Å². The van der Waals surface area contributed by atoms with Crippen LogP contribution in [0, 0.1) is 46.5 Å². The number of fused-ring (bicyclic) bond motifs is 2. The second-order valence-electron chi connectivity index (χ2n) is 14.5. The zero-order valence-electron chi connectivity index (χ0n) is 32.0. The Morgan fingerprint density at radius 3 is 1.02 bits per heavy atom. The first-order chi connectivity index (χ1) is 28.0. The first-order valence-corrected chi connectivity index (χ1v) is 19.7. The lowest BCUT2D eigenvalue weighted by molar-refractivity contribution is 0.0950. The van der Waals surface area contributed by atoms with Gasteiger partial charge in [-0.05, 0) is 25.7 Å². The maximum absolute atomic E-state index is 14.9. The van der Waals surface area contributed by atoms with E-state index >= 15 is 0 Å². The van der Waals surface area contributed by atoms with E-state index in [-0.39, 0.29) is 46.8 Å². The lowest BCUT2D eigenvalue weighted by Gasteiger charge is -2.31. The van der Waals surface area contributed by atoms with Crippen molar-refractivity contribution >= 4 is 46.7 Å². The highest BCUT2D eigenvalue weighted by Gasteiger charge is 2.45. The van der Waals surface area contributed by atoms with Crippen LogP contribution < -0.4 is 0 Å². The molecule has 0 saturated carbocycles. The number of carbonyl (C=O) groups excluding carboxylic acids is 4. The molecule has 0 radical (unpaired) electrons. The minimum atomic E-state index is -1.84. The molecule has 0 unspecified atom stereocenters. The van der Waals surface area contributed by atoms with Gasteiger partial charge in [-0.3, -0.25) is 19.2 Å². The van der Waals surface area contributed by atoms with Gasteiger partial charge in [-0.25, -0.2) is 35.1 Å². The molecule has 0 heterocycles. The molecule has 0 fully saturated rings. The van der Waals surface area contributed by atoms with Gasteiger partial charge in [0.15, 0.2) is 92.7 Å². The fourth-order valence-corrected chi connectivity index (χ4v) is 9.44. The molecule has 4 aromatic carbocycles. The summed E-state index contributed by atoms with van der Waals surface area (Å²) in [6, 6.07) is -0.105. The Labute approximate surface area is 343 Å². The number of hydrogen-bond acceptors (Lipinski definition) is 10. The summed E-state index contributed by atoms with van der Waals surface area (Å²) in [7, 11) is 0. The molecular formula is C42H30F8O8S2. The average molecular weight is 879 g/mol. The molecule has 0 spiro atoms. The molecule has 0 saturated heterocycles. The van der Waals surface area contributed by atoms with E-state index in [1.54, 1.807) is 0 Å². The Balaban J connectivity index is 1.58. The summed E-state index contributed by atoms with van der Waals surface area (Å²) >= 11 is 0.0934. The molecule has 6 rings (SSSR count). The standard InChI is InChI=1S/C42H30F8O8S2/c1-11(2)21-27-25(15(35(53)39(21)57)9-59-41-29(47)17(43)7-18(44)30(41)48)37(55)23(13(5)33(27)51)24-14(6)34(52)28-22(12(3)4)40(58)36(54)16(26(28)38(24)56)10-60-42-31(49)19(45)8-20(46)32(42)50/h7-8,11-12,53-54,57-58H,9-10H2,1-6H3. The van der Waals surface area contributed by atoms with Gasteiger partial charge in [0.1, 0.15) is 0 Å². The van der Waals surface area contributed by atoms with Gasteiger partial charge in [0, 0.05) is 90.4 Å². The third-order valence-corrected chi connectivity index (χ3v) is 12.4. The zero-order valence-corrected chi connectivity index (χ0v) is 33.6.